The van der Waals surface area contributed by atoms with Crippen LogP contribution in [-0.4, -0.2) is 49.6 Å². The van der Waals surface area contributed by atoms with Gasteiger partial charge in [-0.25, -0.2) is 4.79 Å². The van der Waals surface area contributed by atoms with E-state index in [0.717, 1.165) is 0 Å². The normalized spacial score (nSPS) is 27.1. The number of aryl methyl sites for hydroxylation is 1. The molecule has 2 aliphatic heterocycles. The highest BCUT2D eigenvalue weighted by atomic mass is 16.6. The molecule has 6 heteroatoms. The maximum Gasteiger partial charge on any atom is 0.412 e. The standard InChI is InChI=1S/C24H35N3O3/c1-16-17(18-10-8-9-11-19(18)26(16)7)12-13-27-20(28)30-24(23(27,6)29)14-21(2,3)25-22(4,5)15-24/h8-11,25,29H,12-15H2,1-7H3/p+1. The lowest BCUT2D eigenvalue weighted by atomic mass is 9.68. The van der Waals surface area contributed by atoms with E-state index in [9.17, 15) is 9.90 Å². The summed E-state index contributed by atoms with van der Waals surface area (Å²) in [4.78, 5) is 14.5. The quantitative estimate of drug-likeness (QED) is 0.811. The maximum atomic E-state index is 13.0. The Labute approximate surface area is 179 Å². The first-order valence-electron chi connectivity index (χ1n) is 10.9. The third-order valence-corrected chi connectivity index (χ3v) is 7.27. The lowest BCUT2D eigenvalue weighted by Gasteiger charge is -2.51. The van der Waals surface area contributed by atoms with E-state index in [-0.39, 0.29) is 11.1 Å². The number of para-hydroxylation sites is 1. The van der Waals surface area contributed by atoms with E-state index < -0.39 is 17.4 Å². The lowest BCUT2D eigenvalue weighted by Crippen LogP contribution is -3.07. The molecule has 0 bridgehead atoms. The van der Waals surface area contributed by atoms with Gasteiger partial charge >= 0.3 is 6.09 Å². The first-order valence-corrected chi connectivity index (χ1v) is 10.9. The molecule has 1 aromatic heterocycles. The minimum atomic E-state index is -1.36. The van der Waals surface area contributed by atoms with Crippen molar-refractivity contribution in [1.82, 2.24) is 9.47 Å². The molecule has 164 valence electrons. The number of nitrogens with two attached hydrogens (primary N) is 1. The summed E-state index contributed by atoms with van der Waals surface area (Å²) < 4.78 is 8.20. The van der Waals surface area contributed by atoms with Crippen molar-refractivity contribution in [3.05, 3.63) is 35.5 Å². The van der Waals surface area contributed by atoms with Gasteiger partial charge in [-0.15, -0.1) is 0 Å². The Hall–Kier alpha value is -2.05. The second kappa shape index (κ2) is 6.47. The molecule has 0 saturated carbocycles. The number of nitrogens with zero attached hydrogens (tertiary/aromatic N) is 2. The molecule has 2 saturated heterocycles. The summed E-state index contributed by atoms with van der Waals surface area (Å²) in [6, 6.07) is 8.33. The summed E-state index contributed by atoms with van der Waals surface area (Å²) in [6.07, 6.45) is 1.50. The number of quaternary nitrogens is 1. The Bertz CT molecular complexity index is 987. The Balaban J connectivity index is 1.64. The number of carbonyl (C=O) groups excluding carboxylic acids is 1. The number of hydrogen-bond donors (Lipinski definition) is 2. The molecular formula is C24H36N3O3+. The van der Waals surface area contributed by atoms with Gasteiger partial charge in [-0.2, -0.15) is 0 Å². The van der Waals surface area contributed by atoms with Crippen LogP contribution in [-0.2, 0) is 18.2 Å². The molecule has 1 spiro atoms. The average molecular weight is 415 g/mol. The number of aliphatic hydroxyl groups is 1. The SMILES string of the molecule is Cc1c(CCN2C(=O)OC3(CC(C)(C)[NH2+]C(C)(C)C3)C2(C)O)c2ccccc2n1C. The van der Waals surface area contributed by atoms with Crippen LogP contribution in [0.1, 0.15) is 58.7 Å². The zero-order valence-corrected chi connectivity index (χ0v) is 19.4. The number of ether oxygens (including phenoxy) is 1. The highest BCUT2D eigenvalue weighted by molar-refractivity contribution is 5.85. The number of amides is 1. The average Bonchev–Trinajstić information content (AvgIpc) is 2.92. The number of carbonyl (C=O) groups is 1. The Morgan fingerprint density at radius 3 is 2.33 bits per heavy atom. The topological polar surface area (TPSA) is 71.3 Å². The van der Waals surface area contributed by atoms with Crippen LogP contribution in [0.25, 0.3) is 10.9 Å². The summed E-state index contributed by atoms with van der Waals surface area (Å²) in [5, 5.41) is 15.2. The van der Waals surface area contributed by atoms with Gasteiger partial charge in [-0.3, -0.25) is 4.90 Å². The fourth-order valence-electron chi connectivity index (χ4n) is 6.29. The smallest absolute Gasteiger partial charge is 0.412 e. The van der Waals surface area contributed by atoms with Crippen molar-refractivity contribution < 1.29 is 20.0 Å². The number of aromatic nitrogens is 1. The van der Waals surface area contributed by atoms with E-state index in [0.29, 0.717) is 25.8 Å². The first-order chi connectivity index (χ1) is 13.8. The van der Waals surface area contributed by atoms with Crippen molar-refractivity contribution in [2.75, 3.05) is 6.54 Å². The molecule has 1 atom stereocenters. The summed E-state index contributed by atoms with van der Waals surface area (Å²) in [5.74, 6) is 0. The molecule has 3 N–H and O–H groups in total. The van der Waals surface area contributed by atoms with E-state index in [1.165, 1.54) is 22.2 Å². The van der Waals surface area contributed by atoms with Gasteiger partial charge < -0.3 is 19.7 Å². The number of piperidine rings is 1. The number of rotatable bonds is 3. The Morgan fingerprint density at radius 1 is 1.10 bits per heavy atom. The molecule has 1 aromatic carbocycles. The molecule has 6 nitrogen and oxygen atoms in total. The number of benzene rings is 1. The molecule has 30 heavy (non-hydrogen) atoms. The van der Waals surface area contributed by atoms with Crippen molar-refractivity contribution in [3.63, 3.8) is 0 Å². The van der Waals surface area contributed by atoms with Crippen LogP contribution >= 0.6 is 0 Å². The van der Waals surface area contributed by atoms with E-state index in [1.54, 1.807) is 11.8 Å². The third kappa shape index (κ3) is 3.12. The van der Waals surface area contributed by atoms with Crippen molar-refractivity contribution in [3.8, 4) is 0 Å². The predicted molar refractivity (Wildman–Crippen MR) is 117 cm³/mol. The summed E-state index contributed by atoms with van der Waals surface area (Å²) in [5.41, 5.74) is 1.07. The molecule has 3 heterocycles. The van der Waals surface area contributed by atoms with Crippen molar-refractivity contribution >= 4 is 17.0 Å². The molecule has 2 aromatic rings. The molecular weight excluding hydrogens is 378 g/mol. The second-order valence-electron chi connectivity index (χ2n) is 10.9. The van der Waals surface area contributed by atoms with Crippen LogP contribution in [0.15, 0.2) is 24.3 Å². The molecule has 4 rings (SSSR count). The molecule has 0 aliphatic carbocycles. The third-order valence-electron chi connectivity index (χ3n) is 7.27. The van der Waals surface area contributed by atoms with Gasteiger partial charge in [-0.05, 0) is 59.6 Å². The van der Waals surface area contributed by atoms with Gasteiger partial charge in [0.25, 0.3) is 0 Å². The van der Waals surface area contributed by atoms with Crippen LogP contribution in [0, 0.1) is 6.92 Å². The lowest BCUT2D eigenvalue weighted by molar-refractivity contribution is -0.793. The van der Waals surface area contributed by atoms with Crippen LogP contribution in [0.2, 0.25) is 0 Å². The number of fused-ring (bicyclic) bond motifs is 1. The van der Waals surface area contributed by atoms with E-state index in [1.807, 2.05) is 12.1 Å². The fraction of sp³-hybridized carbons (Fsp3) is 0.625. The molecule has 2 aliphatic rings. The van der Waals surface area contributed by atoms with Gasteiger partial charge in [-0.1, -0.05) is 18.2 Å². The second-order valence-corrected chi connectivity index (χ2v) is 10.9. The highest BCUT2D eigenvalue weighted by Gasteiger charge is 2.68. The molecule has 0 radical (unpaired) electrons. The van der Waals surface area contributed by atoms with Crippen molar-refractivity contribution in [2.45, 2.75) is 83.2 Å². The molecule has 1 unspecified atom stereocenters. The number of hydrogen-bond acceptors (Lipinski definition) is 3. The zero-order valence-electron chi connectivity index (χ0n) is 19.4. The van der Waals surface area contributed by atoms with Crippen LogP contribution in [0.3, 0.4) is 0 Å². The Morgan fingerprint density at radius 2 is 1.70 bits per heavy atom. The fourth-order valence-corrected chi connectivity index (χ4v) is 6.29. The van der Waals surface area contributed by atoms with Gasteiger partial charge in [0, 0.05) is 43.0 Å². The highest BCUT2D eigenvalue weighted by Crippen LogP contribution is 2.48. The van der Waals surface area contributed by atoms with Gasteiger partial charge in [0.15, 0.2) is 11.3 Å². The summed E-state index contributed by atoms with van der Waals surface area (Å²) in [7, 11) is 2.07. The predicted octanol–water partition coefficient (Wildman–Crippen LogP) is 2.84. The van der Waals surface area contributed by atoms with Gasteiger partial charge in [0.1, 0.15) is 0 Å². The molecule has 1 amide bonds. The minimum Gasteiger partial charge on any atom is -0.437 e. The monoisotopic (exact) mass is 414 g/mol. The van der Waals surface area contributed by atoms with Crippen molar-refractivity contribution in [2.24, 2.45) is 7.05 Å². The van der Waals surface area contributed by atoms with Crippen LogP contribution in [0.5, 0.6) is 0 Å². The van der Waals surface area contributed by atoms with E-state index in [2.05, 4.69) is 63.7 Å². The summed E-state index contributed by atoms with van der Waals surface area (Å²) in [6.45, 7) is 12.9. The molecule has 2 fully saturated rings. The van der Waals surface area contributed by atoms with Crippen LogP contribution in [0.4, 0.5) is 4.79 Å². The van der Waals surface area contributed by atoms with Crippen LogP contribution < -0.4 is 5.32 Å². The van der Waals surface area contributed by atoms with Crippen molar-refractivity contribution in [1.29, 1.82) is 0 Å². The van der Waals surface area contributed by atoms with Gasteiger partial charge in [0.2, 0.25) is 0 Å². The maximum absolute atomic E-state index is 13.0. The first kappa shape index (κ1) is 21.2. The minimum absolute atomic E-state index is 0.131. The van der Waals surface area contributed by atoms with Gasteiger partial charge in [0.05, 0.1) is 11.1 Å². The summed E-state index contributed by atoms with van der Waals surface area (Å²) >= 11 is 0. The zero-order chi connectivity index (χ0) is 22.1. The van der Waals surface area contributed by atoms with E-state index in [4.69, 9.17) is 4.74 Å². The van der Waals surface area contributed by atoms with E-state index >= 15 is 0 Å². The largest absolute Gasteiger partial charge is 0.437 e. The Kier molecular flexibility index (Phi) is 4.57.